The Balaban J connectivity index is 1.65. The standard InChI is InChI=1S/C50H77NO10/c1-32-16-11-10-12-17-33(2)26-37(6)46(53)45(59-9)28-34(3)27-35(4)43(52)31-44(36(5)29-39-18-15-19-41(30-39)58-8)60-49(56)42-20-13-14-25-51(42)48(55)47(54)50(57)38(7)22-24-40(61-50)23-21-32/h10-12,16-17,27,33,35-42,44-45,57H,13-15,18-26,28-31H2,1-9H3/b11-10+,17-12+,32-16+,34-27+/t33-,35-,36-,37-,38-,39+,40-,41+,42?,44+,45-,50-/m1/s1. The number of hydrogen-bond donors (Lipinski definition) is 1. The summed E-state index contributed by atoms with van der Waals surface area (Å²) in [5, 5.41) is 11.8. The Morgan fingerprint density at radius 2 is 1.61 bits per heavy atom. The molecule has 0 spiro atoms. The second kappa shape index (κ2) is 24.0. The van der Waals surface area contributed by atoms with E-state index >= 15 is 0 Å². The number of carbonyl (C=O) groups excluding carboxylic acids is 5. The number of Topliss-reactive ketones (excluding diaryl/α,β-unsaturated/α-hetero) is 3. The number of ether oxygens (including phenoxy) is 4. The molecule has 4 aliphatic rings. The fourth-order valence-corrected chi connectivity index (χ4v) is 9.82. The Morgan fingerprint density at radius 1 is 0.852 bits per heavy atom. The van der Waals surface area contributed by atoms with Crippen LogP contribution in [-0.2, 0) is 42.9 Å². The van der Waals surface area contributed by atoms with E-state index < -0.39 is 59.6 Å². The molecule has 12 atom stereocenters. The van der Waals surface area contributed by atoms with Crippen LogP contribution in [0.3, 0.4) is 0 Å². The molecule has 1 aliphatic carbocycles. The van der Waals surface area contributed by atoms with Crippen molar-refractivity contribution in [1.82, 2.24) is 4.90 Å². The lowest BCUT2D eigenvalue weighted by atomic mass is 9.79. The first-order valence-corrected chi connectivity index (χ1v) is 23.2. The molecule has 342 valence electrons. The molecule has 61 heavy (non-hydrogen) atoms. The van der Waals surface area contributed by atoms with Gasteiger partial charge in [-0.3, -0.25) is 19.2 Å². The predicted molar refractivity (Wildman–Crippen MR) is 236 cm³/mol. The van der Waals surface area contributed by atoms with Gasteiger partial charge in [0.1, 0.15) is 24.0 Å². The Morgan fingerprint density at radius 3 is 2.33 bits per heavy atom. The van der Waals surface area contributed by atoms with Gasteiger partial charge in [0.15, 0.2) is 5.78 Å². The van der Waals surface area contributed by atoms with Crippen molar-refractivity contribution in [2.75, 3.05) is 20.8 Å². The second-order valence-corrected chi connectivity index (χ2v) is 19.1. The molecule has 11 heteroatoms. The minimum absolute atomic E-state index is 0.0245. The molecule has 0 aromatic heterocycles. The Bertz CT molecular complexity index is 1630. The number of ketones is 3. The molecule has 4 rings (SSSR count). The minimum Gasteiger partial charge on any atom is -0.460 e. The maximum Gasteiger partial charge on any atom is 0.329 e. The number of carbonyl (C=O) groups is 5. The number of esters is 1. The van der Waals surface area contributed by atoms with Crippen molar-refractivity contribution in [1.29, 1.82) is 0 Å². The van der Waals surface area contributed by atoms with Gasteiger partial charge in [-0.05, 0) is 102 Å². The second-order valence-electron chi connectivity index (χ2n) is 19.1. The summed E-state index contributed by atoms with van der Waals surface area (Å²) in [5.74, 6) is -6.11. The van der Waals surface area contributed by atoms with E-state index in [1.807, 2.05) is 65.0 Å². The molecule has 2 saturated heterocycles. The summed E-state index contributed by atoms with van der Waals surface area (Å²) in [6, 6.07) is -1.04. The van der Waals surface area contributed by atoms with E-state index in [4.69, 9.17) is 18.9 Å². The zero-order chi connectivity index (χ0) is 44.9. The largest absolute Gasteiger partial charge is 0.460 e. The van der Waals surface area contributed by atoms with Gasteiger partial charge in [0.25, 0.3) is 11.7 Å². The number of piperidine rings is 1. The SMILES string of the molecule is CO[C@H]1CCC[C@@H](C[C@@H](C)[C@@H]2CC(=O)[C@H](C)/C=C(\C)C[C@@H](OC)C(=O)[C@H](C)C[C@H](C)/C=C/C=C/C=C(\C)CC[C@@H]3CC[C@@H](C)[C@@](O)(O3)C(=O)C(=O)N3CCCCC3C(=O)O2)C1. The summed E-state index contributed by atoms with van der Waals surface area (Å²) in [6.45, 7) is 13.7. The molecule has 1 amide bonds. The molecular weight excluding hydrogens is 775 g/mol. The minimum atomic E-state index is -2.32. The number of methoxy groups -OCH3 is 2. The fourth-order valence-electron chi connectivity index (χ4n) is 9.82. The van der Waals surface area contributed by atoms with Crippen molar-refractivity contribution >= 4 is 29.2 Å². The maximum atomic E-state index is 14.3. The van der Waals surface area contributed by atoms with Crippen LogP contribution in [0.2, 0.25) is 0 Å². The van der Waals surface area contributed by atoms with Crippen LogP contribution in [0, 0.1) is 35.5 Å². The van der Waals surface area contributed by atoms with Gasteiger partial charge in [-0.2, -0.15) is 0 Å². The van der Waals surface area contributed by atoms with Gasteiger partial charge in [-0.15, -0.1) is 0 Å². The number of amides is 1. The van der Waals surface area contributed by atoms with Gasteiger partial charge in [0.2, 0.25) is 5.79 Å². The van der Waals surface area contributed by atoms with Crippen LogP contribution < -0.4 is 0 Å². The normalized spacial score (nSPS) is 38.6. The summed E-state index contributed by atoms with van der Waals surface area (Å²) in [5.41, 5.74) is 1.96. The summed E-state index contributed by atoms with van der Waals surface area (Å²) >= 11 is 0. The monoisotopic (exact) mass is 852 g/mol. The van der Waals surface area contributed by atoms with E-state index in [1.165, 1.54) is 4.90 Å². The lowest BCUT2D eigenvalue weighted by molar-refractivity contribution is -0.263. The highest BCUT2D eigenvalue weighted by Gasteiger charge is 2.52. The van der Waals surface area contributed by atoms with Gasteiger partial charge < -0.3 is 29.0 Å². The van der Waals surface area contributed by atoms with Crippen LogP contribution in [-0.4, -0.2) is 96.2 Å². The Kier molecular flexibility index (Phi) is 19.8. The number of aliphatic hydroxyl groups is 1. The molecule has 0 radical (unpaired) electrons. The highest BCUT2D eigenvalue weighted by Crippen LogP contribution is 2.37. The number of cyclic esters (lactones) is 1. The number of fused-ring (bicyclic) bond motifs is 3. The first-order chi connectivity index (χ1) is 29.0. The van der Waals surface area contributed by atoms with Gasteiger partial charge >= 0.3 is 5.97 Å². The van der Waals surface area contributed by atoms with Crippen molar-refractivity contribution in [3.63, 3.8) is 0 Å². The van der Waals surface area contributed by atoms with E-state index in [0.717, 1.165) is 43.3 Å². The van der Waals surface area contributed by atoms with Crippen LogP contribution >= 0.6 is 0 Å². The average Bonchev–Trinajstić information content (AvgIpc) is 3.24. The number of nitrogens with zero attached hydrogens (tertiary/aromatic N) is 1. The first-order valence-electron chi connectivity index (χ1n) is 23.2. The highest BCUT2D eigenvalue weighted by molar-refractivity contribution is 6.39. The highest BCUT2D eigenvalue weighted by atomic mass is 16.6. The quantitative estimate of drug-likeness (QED) is 0.162. The zero-order valence-corrected chi connectivity index (χ0v) is 38.7. The lowest BCUT2D eigenvalue weighted by Gasteiger charge is -2.42. The van der Waals surface area contributed by atoms with Crippen molar-refractivity contribution < 1.29 is 48.0 Å². The third-order valence-electron chi connectivity index (χ3n) is 13.8. The summed E-state index contributed by atoms with van der Waals surface area (Å²) in [7, 11) is 3.28. The molecule has 1 saturated carbocycles. The molecule has 3 fully saturated rings. The van der Waals surface area contributed by atoms with Gasteiger partial charge in [0, 0.05) is 51.4 Å². The number of hydrogen-bond acceptors (Lipinski definition) is 10. The topological polar surface area (TPSA) is 146 Å². The smallest absolute Gasteiger partial charge is 0.329 e. The summed E-state index contributed by atoms with van der Waals surface area (Å²) in [4.78, 5) is 71.4. The van der Waals surface area contributed by atoms with Crippen molar-refractivity contribution in [3.8, 4) is 0 Å². The van der Waals surface area contributed by atoms with Crippen molar-refractivity contribution in [2.24, 2.45) is 35.5 Å². The molecule has 1 N–H and O–H groups in total. The van der Waals surface area contributed by atoms with E-state index in [9.17, 15) is 29.1 Å². The molecule has 1 unspecified atom stereocenters. The third kappa shape index (κ3) is 14.4. The Labute approximate surface area is 366 Å². The van der Waals surface area contributed by atoms with Crippen LogP contribution in [0.25, 0.3) is 0 Å². The van der Waals surface area contributed by atoms with Crippen molar-refractivity contribution in [2.45, 2.75) is 181 Å². The molecule has 0 aromatic carbocycles. The molecule has 3 heterocycles. The lowest BCUT2D eigenvalue weighted by Crippen LogP contribution is -2.60. The van der Waals surface area contributed by atoms with Crippen LogP contribution in [0.4, 0.5) is 0 Å². The van der Waals surface area contributed by atoms with Gasteiger partial charge in [0.05, 0.1) is 12.2 Å². The maximum absolute atomic E-state index is 14.3. The summed E-state index contributed by atoms with van der Waals surface area (Å²) in [6.07, 6.45) is 19.8. The molecule has 0 aromatic rings. The van der Waals surface area contributed by atoms with Gasteiger partial charge in [-0.1, -0.05) is 95.1 Å². The first kappa shape index (κ1) is 50.4. The fraction of sp³-hybridized carbons (Fsp3) is 0.740. The zero-order valence-electron chi connectivity index (χ0n) is 38.7. The summed E-state index contributed by atoms with van der Waals surface area (Å²) < 4.78 is 23.8. The van der Waals surface area contributed by atoms with E-state index in [-0.39, 0.29) is 48.4 Å². The molecule has 11 nitrogen and oxygen atoms in total. The van der Waals surface area contributed by atoms with E-state index in [1.54, 1.807) is 21.1 Å². The molecular formula is C50H77NO10. The predicted octanol–water partition coefficient (Wildman–Crippen LogP) is 8.61. The Hall–Kier alpha value is -3.25. The number of allylic oxidation sites excluding steroid dienone is 7. The van der Waals surface area contributed by atoms with E-state index in [2.05, 4.69) is 13.0 Å². The molecule has 3 aliphatic heterocycles. The van der Waals surface area contributed by atoms with Crippen molar-refractivity contribution in [3.05, 3.63) is 47.6 Å². The molecule has 2 bridgehead atoms. The van der Waals surface area contributed by atoms with E-state index in [0.29, 0.717) is 63.7 Å². The van der Waals surface area contributed by atoms with Gasteiger partial charge in [-0.25, -0.2) is 4.79 Å². The third-order valence-corrected chi connectivity index (χ3v) is 13.8. The van der Waals surface area contributed by atoms with Crippen LogP contribution in [0.1, 0.15) is 145 Å². The van der Waals surface area contributed by atoms with Crippen LogP contribution in [0.5, 0.6) is 0 Å². The van der Waals surface area contributed by atoms with Crippen LogP contribution in [0.15, 0.2) is 47.6 Å². The number of rotatable bonds is 5. The average molecular weight is 852 g/mol.